The van der Waals surface area contributed by atoms with E-state index in [4.69, 9.17) is 28.9 Å². The molecule has 2 N–H and O–H groups in total. The molecule has 0 spiro atoms. The number of nitrogens with two attached hydrogens (primary N) is 1. The molecule has 2 aromatic carbocycles. The van der Waals surface area contributed by atoms with Gasteiger partial charge in [-0.1, -0.05) is 59.6 Å². The summed E-state index contributed by atoms with van der Waals surface area (Å²) in [6, 6.07) is 15.9. The van der Waals surface area contributed by atoms with Crippen molar-refractivity contribution in [3.63, 3.8) is 0 Å². The van der Waals surface area contributed by atoms with Crippen LogP contribution < -0.4 is 5.73 Å². The molecule has 18 heavy (non-hydrogen) atoms. The van der Waals surface area contributed by atoms with Crippen LogP contribution in [0.3, 0.4) is 0 Å². The first kappa shape index (κ1) is 13.4. The number of benzene rings is 2. The zero-order valence-electron chi connectivity index (χ0n) is 9.94. The number of halogens is 2. The van der Waals surface area contributed by atoms with Crippen LogP contribution in [0.5, 0.6) is 0 Å². The second-order valence-electron chi connectivity index (χ2n) is 4.30. The largest absolute Gasteiger partial charge is 0.324 e. The van der Waals surface area contributed by atoms with Gasteiger partial charge in [-0.2, -0.15) is 0 Å². The Bertz CT molecular complexity index is 511. The Morgan fingerprint density at radius 2 is 1.67 bits per heavy atom. The quantitative estimate of drug-likeness (QED) is 0.868. The fraction of sp³-hybridized carbons (Fsp3) is 0.200. The van der Waals surface area contributed by atoms with Crippen molar-refractivity contribution >= 4 is 23.2 Å². The van der Waals surface area contributed by atoms with Crippen molar-refractivity contribution in [1.82, 2.24) is 0 Å². The molecule has 2 aromatic rings. The van der Waals surface area contributed by atoms with E-state index < -0.39 is 0 Å². The van der Waals surface area contributed by atoms with E-state index in [0.29, 0.717) is 10.0 Å². The average molecular weight is 280 g/mol. The number of aryl methyl sites for hydroxylation is 1. The summed E-state index contributed by atoms with van der Waals surface area (Å²) in [5, 5.41) is 1.19. The van der Waals surface area contributed by atoms with Crippen LogP contribution in [0.1, 0.15) is 23.6 Å². The predicted molar refractivity (Wildman–Crippen MR) is 78.2 cm³/mol. The van der Waals surface area contributed by atoms with Gasteiger partial charge < -0.3 is 5.73 Å². The smallest absolute Gasteiger partial charge is 0.0595 e. The topological polar surface area (TPSA) is 26.0 Å². The van der Waals surface area contributed by atoms with E-state index in [1.807, 2.05) is 36.4 Å². The molecular weight excluding hydrogens is 265 g/mol. The second-order valence-corrected chi connectivity index (χ2v) is 5.12. The highest BCUT2D eigenvalue weighted by Crippen LogP contribution is 2.24. The molecule has 0 bridgehead atoms. The minimum Gasteiger partial charge on any atom is -0.324 e. The molecule has 3 heteroatoms. The summed E-state index contributed by atoms with van der Waals surface area (Å²) >= 11 is 11.9. The van der Waals surface area contributed by atoms with E-state index in [1.54, 1.807) is 0 Å². The van der Waals surface area contributed by atoms with Crippen molar-refractivity contribution in [1.29, 1.82) is 0 Å². The van der Waals surface area contributed by atoms with Gasteiger partial charge in [-0.05, 0) is 36.1 Å². The molecule has 1 nitrogen and oxygen atoms in total. The van der Waals surface area contributed by atoms with Gasteiger partial charge in [0.25, 0.3) is 0 Å². The van der Waals surface area contributed by atoms with Crippen LogP contribution in [0.25, 0.3) is 0 Å². The van der Waals surface area contributed by atoms with Crippen LogP contribution in [0, 0.1) is 0 Å². The Balaban J connectivity index is 1.97. The summed E-state index contributed by atoms with van der Waals surface area (Å²) in [7, 11) is 0. The van der Waals surface area contributed by atoms with Gasteiger partial charge in [-0.3, -0.25) is 0 Å². The molecule has 0 aliphatic rings. The summed E-state index contributed by atoms with van der Waals surface area (Å²) in [6.45, 7) is 0. The summed E-state index contributed by atoms with van der Waals surface area (Å²) in [4.78, 5) is 0. The van der Waals surface area contributed by atoms with Crippen LogP contribution >= 0.6 is 23.2 Å². The Morgan fingerprint density at radius 1 is 0.944 bits per heavy atom. The molecule has 0 fully saturated rings. The molecule has 0 heterocycles. The monoisotopic (exact) mass is 279 g/mol. The van der Waals surface area contributed by atoms with Crippen LogP contribution in [0.2, 0.25) is 10.0 Å². The van der Waals surface area contributed by atoms with E-state index >= 15 is 0 Å². The van der Waals surface area contributed by atoms with Gasteiger partial charge >= 0.3 is 0 Å². The maximum Gasteiger partial charge on any atom is 0.0595 e. The Morgan fingerprint density at radius 3 is 2.33 bits per heavy atom. The average Bonchev–Trinajstić information content (AvgIpc) is 2.41. The SMILES string of the molecule is NC(CCc1ccc(Cl)c(Cl)c1)c1ccccc1. The zero-order chi connectivity index (χ0) is 13.0. The standard InChI is InChI=1S/C15H15Cl2N/c16-13-8-6-11(10-14(13)17)7-9-15(18)12-4-2-1-3-5-12/h1-6,8,10,15H,7,9,18H2. The molecule has 2 rings (SSSR count). The first-order valence-corrected chi connectivity index (χ1v) is 6.67. The van der Waals surface area contributed by atoms with Crippen molar-refractivity contribution in [2.75, 3.05) is 0 Å². The lowest BCUT2D eigenvalue weighted by molar-refractivity contribution is 0.651. The molecule has 0 saturated heterocycles. The van der Waals surface area contributed by atoms with Crippen LogP contribution in [-0.2, 0) is 6.42 Å². The molecule has 0 radical (unpaired) electrons. The molecule has 94 valence electrons. The fourth-order valence-electron chi connectivity index (χ4n) is 1.88. The van der Waals surface area contributed by atoms with E-state index in [2.05, 4.69) is 12.1 Å². The van der Waals surface area contributed by atoms with Gasteiger partial charge in [0.2, 0.25) is 0 Å². The first-order valence-electron chi connectivity index (χ1n) is 5.91. The number of rotatable bonds is 4. The molecule has 0 aliphatic heterocycles. The molecule has 0 aromatic heterocycles. The van der Waals surface area contributed by atoms with Gasteiger partial charge in [0.15, 0.2) is 0 Å². The van der Waals surface area contributed by atoms with Gasteiger partial charge in [-0.25, -0.2) is 0 Å². The number of hydrogen-bond donors (Lipinski definition) is 1. The number of hydrogen-bond acceptors (Lipinski definition) is 1. The zero-order valence-corrected chi connectivity index (χ0v) is 11.5. The molecule has 1 atom stereocenters. The van der Waals surface area contributed by atoms with E-state index in [-0.39, 0.29) is 6.04 Å². The molecular formula is C15H15Cl2N. The third kappa shape index (κ3) is 3.49. The summed E-state index contributed by atoms with van der Waals surface area (Å²) in [5.41, 5.74) is 8.48. The predicted octanol–water partition coefficient (Wildman–Crippen LogP) is 4.63. The third-order valence-electron chi connectivity index (χ3n) is 2.96. The summed E-state index contributed by atoms with van der Waals surface area (Å²) in [5.74, 6) is 0. The van der Waals surface area contributed by atoms with Gasteiger partial charge in [0, 0.05) is 6.04 Å². The van der Waals surface area contributed by atoms with Crippen LogP contribution in [0.4, 0.5) is 0 Å². The van der Waals surface area contributed by atoms with Gasteiger partial charge in [0.05, 0.1) is 10.0 Å². The van der Waals surface area contributed by atoms with Crippen molar-refractivity contribution in [3.8, 4) is 0 Å². The van der Waals surface area contributed by atoms with Crippen molar-refractivity contribution < 1.29 is 0 Å². The van der Waals surface area contributed by atoms with Gasteiger partial charge in [0.1, 0.15) is 0 Å². The highest BCUT2D eigenvalue weighted by Gasteiger charge is 2.06. The van der Waals surface area contributed by atoms with E-state index in [1.165, 1.54) is 0 Å². The first-order chi connectivity index (χ1) is 8.66. The van der Waals surface area contributed by atoms with Crippen LogP contribution in [-0.4, -0.2) is 0 Å². The second kappa shape index (κ2) is 6.24. The fourth-order valence-corrected chi connectivity index (χ4v) is 2.20. The van der Waals surface area contributed by atoms with Crippen molar-refractivity contribution in [3.05, 3.63) is 69.7 Å². The summed E-state index contributed by atoms with van der Waals surface area (Å²) in [6.07, 6.45) is 1.79. The minimum atomic E-state index is 0.0562. The normalized spacial score (nSPS) is 12.4. The van der Waals surface area contributed by atoms with Crippen LogP contribution in [0.15, 0.2) is 48.5 Å². The maximum absolute atomic E-state index is 6.15. The Hall–Kier alpha value is -1.02. The third-order valence-corrected chi connectivity index (χ3v) is 3.69. The molecule has 1 unspecified atom stereocenters. The lowest BCUT2D eigenvalue weighted by atomic mass is 10.00. The Kier molecular flexibility index (Phi) is 4.65. The summed E-state index contributed by atoms with van der Waals surface area (Å²) < 4.78 is 0. The Labute approximate surface area is 118 Å². The lowest BCUT2D eigenvalue weighted by Gasteiger charge is -2.12. The minimum absolute atomic E-state index is 0.0562. The molecule has 0 amide bonds. The molecule has 0 saturated carbocycles. The van der Waals surface area contributed by atoms with E-state index in [9.17, 15) is 0 Å². The van der Waals surface area contributed by atoms with E-state index in [0.717, 1.165) is 24.0 Å². The van der Waals surface area contributed by atoms with Crippen molar-refractivity contribution in [2.24, 2.45) is 5.73 Å². The lowest BCUT2D eigenvalue weighted by Crippen LogP contribution is -2.11. The molecule has 0 aliphatic carbocycles. The van der Waals surface area contributed by atoms with Gasteiger partial charge in [-0.15, -0.1) is 0 Å². The highest BCUT2D eigenvalue weighted by molar-refractivity contribution is 6.42. The maximum atomic E-state index is 6.15. The highest BCUT2D eigenvalue weighted by atomic mass is 35.5. The van der Waals surface area contributed by atoms with Crippen molar-refractivity contribution in [2.45, 2.75) is 18.9 Å².